The van der Waals surface area contributed by atoms with Gasteiger partial charge in [-0.3, -0.25) is 4.79 Å². The molecule has 1 amide bonds. The molecule has 0 saturated heterocycles. The Balaban J connectivity index is 1.44. The maximum atomic E-state index is 12.0. The van der Waals surface area contributed by atoms with E-state index in [9.17, 15) is 4.79 Å². The lowest BCUT2D eigenvalue weighted by atomic mass is 10.1. The maximum Gasteiger partial charge on any atom is 0.239 e. The molecule has 2 aromatic rings. The zero-order valence-corrected chi connectivity index (χ0v) is 14.2. The van der Waals surface area contributed by atoms with Gasteiger partial charge in [-0.1, -0.05) is 18.2 Å². The van der Waals surface area contributed by atoms with E-state index < -0.39 is 0 Å². The maximum absolute atomic E-state index is 12.0. The van der Waals surface area contributed by atoms with Gasteiger partial charge in [0.25, 0.3) is 0 Å². The van der Waals surface area contributed by atoms with Gasteiger partial charge in [-0.05, 0) is 30.2 Å². The molecule has 0 unspecified atom stereocenters. The number of amides is 1. The molecular weight excluding hydrogens is 320 g/mol. The van der Waals surface area contributed by atoms with E-state index in [0.29, 0.717) is 25.5 Å². The second-order valence-corrected chi connectivity index (χ2v) is 5.62. The number of carbonyl (C=O) groups is 1. The first-order valence-electron chi connectivity index (χ1n) is 8.28. The molecule has 1 aliphatic heterocycles. The van der Waals surface area contributed by atoms with Gasteiger partial charge >= 0.3 is 0 Å². The van der Waals surface area contributed by atoms with Gasteiger partial charge in [0.05, 0.1) is 13.7 Å². The number of anilines is 1. The lowest BCUT2D eigenvalue weighted by Gasteiger charge is -2.19. The van der Waals surface area contributed by atoms with E-state index in [1.54, 1.807) is 7.11 Å². The Morgan fingerprint density at radius 1 is 1.12 bits per heavy atom. The highest BCUT2D eigenvalue weighted by atomic mass is 16.6. The third-order valence-corrected chi connectivity index (χ3v) is 3.90. The minimum absolute atomic E-state index is 0.0650. The Labute approximate surface area is 147 Å². The monoisotopic (exact) mass is 342 g/mol. The Bertz CT molecular complexity index is 733. The van der Waals surface area contributed by atoms with Crippen molar-refractivity contribution in [3.63, 3.8) is 0 Å². The summed E-state index contributed by atoms with van der Waals surface area (Å²) >= 11 is 0. The summed E-state index contributed by atoms with van der Waals surface area (Å²) in [7, 11) is 1.65. The van der Waals surface area contributed by atoms with Crippen LogP contribution in [0, 0.1) is 0 Å². The fourth-order valence-electron chi connectivity index (χ4n) is 2.64. The normalized spacial score (nSPS) is 12.4. The van der Waals surface area contributed by atoms with Gasteiger partial charge in [0.1, 0.15) is 19.0 Å². The first-order chi connectivity index (χ1) is 12.3. The molecule has 132 valence electrons. The lowest BCUT2D eigenvalue weighted by Crippen LogP contribution is -2.31. The number of hydrogen-bond acceptors (Lipinski definition) is 5. The lowest BCUT2D eigenvalue weighted by molar-refractivity contribution is -0.119. The summed E-state index contributed by atoms with van der Waals surface area (Å²) in [5.74, 6) is 2.21. The fraction of sp³-hybridized carbons (Fsp3) is 0.316. The van der Waals surface area contributed by atoms with Gasteiger partial charge in [0.15, 0.2) is 11.5 Å². The zero-order chi connectivity index (χ0) is 17.5. The van der Waals surface area contributed by atoms with Crippen LogP contribution in [0.2, 0.25) is 0 Å². The number of fused-ring (bicyclic) bond motifs is 1. The molecule has 25 heavy (non-hydrogen) atoms. The molecule has 0 fully saturated rings. The van der Waals surface area contributed by atoms with Crippen LogP contribution in [0.1, 0.15) is 5.56 Å². The summed E-state index contributed by atoms with van der Waals surface area (Å²) in [6.07, 6.45) is 0.722. The van der Waals surface area contributed by atoms with Gasteiger partial charge in [-0.2, -0.15) is 0 Å². The molecule has 1 aliphatic rings. The predicted molar refractivity (Wildman–Crippen MR) is 95.6 cm³/mol. The number of rotatable bonds is 7. The summed E-state index contributed by atoms with van der Waals surface area (Å²) in [5, 5.41) is 6.00. The number of hydrogen-bond donors (Lipinski definition) is 2. The average molecular weight is 342 g/mol. The molecule has 0 bridgehead atoms. The molecule has 0 atom stereocenters. The summed E-state index contributed by atoms with van der Waals surface area (Å²) in [6.45, 7) is 1.86. The van der Waals surface area contributed by atoms with Crippen molar-refractivity contribution >= 4 is 11.6 Å². The van der Waals surface area contributed by atoms with Gasteiger partial charge in [-0.15, -0.1) is 0 Å². The summed E-state index contributed by atoms with van der Waals surface area (Å²) in [6, 6.07) is 13.4. The topological polar surface area (TPSA) is 68.8 Å². The first-order valence-corrected chi connectivity index (χ1v) is 8.28. The van der Waals surface area contributed by atoms with Crippen LogP contribution in [0.4, 0.5) is 5.69 Å². The standard InChI is InChI=1S/C19H22N2O4/c1-23-16-5-3-2-4-14(16)8-9-20-19(22)13-21-15-6-7-17-18(12-15)25-11-10-24-17/h2-7,12,21H,8-11,13H2,1H3,(H,20,22). The molecular formula is C19H22N2O4. The summed E-state index contributed by atoms with van der Waals surface area (Å²) in [5.41, 5.74) is 1.90. The number of para-hydroxylation sites is 1. The van der Waals surface area contributed by atoms with Crippen LogP contribution in [0.5, 0.6) is 17.2 Å². The smallest absolute Gasteiger partial charge is 0.239 e. The minimum atomic E-state index is -0.0650. The van der Waals surface area contributed by atoms with Crippen molar-refractivity contribution < 1.29 is 19.0 Å². The van der Waals surface area contributed by atoms with E-state index in [-0.39, 0.29) is 12.5 Å². The average Bonchev–Trinajstić information content (AvgIpc) is 2.66. The van der Waals surface area contributed by atoms with Crippen molar-refractivity contribution in [2.75, 3.05) is 38.7 Å². The third-order valence-electron chi connectivity index (χ3n) is 3.90. The van der Waals surface area contributed by atoms with Crippen LogP contribution in [0.15, 0.2) is 42.5 Å². The van der Waals surface area contributed by atoms with Crippen molar-refractivity contribution in [2.45, 2.75) is 6.42 Å². The number of nitrogens with one attached hydrogen (secondary N) is 2. The van der Waals surface area contributed by atoms with Gasteiger partial charge in [-0.25, -0.2) is 0 Å². The second-order valence-electron chi connectivity index (χ2n) is 5.62. The molecule has 2 aromatic carbocycles. The Morgan fingerprint density at radius 3 is 2.76 bits per heavy atom. The Morgan fingerprint density at radius 2 is 1.92 bits per heavy atom. The van der Waals surface area contributed by atoms with Crippen molar-refractivity contribution in [1.29, 1.82) is 0 Å². The quantitative estimate of drug-likeness (QED) is 0.808. The summed E-state index contributed by atoms with van der Waals surface area (Å²) in [4.78, 5) is 12.0. The van der Waals surface area contributed by atoms with E-state index in [1.165, 1.54) is 0 Å². The van der Waals surface area contributed by atoms with Crippen LogP contribution in [-0.2, 0) is 11.2 Å². The zero-order valence-electron chi connectivity index (χ0n) is 14.2. The Hall–Kier alpha value is -2.89. The largest absolute Gasteiger partial charge is 0.496 e. The third kappa shape index (κ3) is 4.56. The van der Waals surface area contributed by atoms with E-state index in [0.717, 1.165) is 29.2 Å². The number of carbonyl (C=O) groups excluding carboxylic acids is 1. The molecule has 0 aromatic heterocycles. The van der Waals surface area contributed by atoms with Crippen molar-refractivity contribution in [3.8, 4) is 17.2 Å². The van der Waals surface area contributed by atoms with E-state index in [1.807, 2.05) is 42.5 Å². The molecule has 0 spiro atoms. The molecule has 0 saturated carbocycles. The van der Waals surface area contributed by atoms with Crippen molar-refractivity contribution in [2.24, 2.45) is 0 Å². The van der Waals surface area contributed by atoms with Crippen LogP contribution < -0.4 is 24.8 Å². The minimum Gasteiger partial charge on any atom is -0.496 e. The highest BCUT2D eigenvalue weighted by Gasteiger charge is 2.12. The van der Waals surface area contributed by atoms with E-state index >= 15 is 0 Å². The molecule has 3 rings (SSSR count). The molecule has 2 N–H and O–H groups in total. The highest BCUT2D eigenvalue weighted by Crippen LogP contribution is 2.32. The molecule has 1 heterocycles. The fourth-order valence-corrected chi connectivity index (χ4v) is 2.64. The van der Waals surface area contributed by atoms with Gasteiger partial charge < -0.3 is 24.8 Å². The molecule has 0 radical (unpaired) electrons. The summed E-state index contributed by atoms with van der Waals surface area (Å²) < 4.78 is 16.3. The SMILES string of the molecule is COc1ccccc1CCNC(=O)CNc1ccc2c(c1)OCCO2. The van der Waals surface area contributed by atoms with Gasteiger partial charge in [0.2, 0.25) is 5.91 Å². The molecule has 0 aliphatic carbocycles. The van der Waals surface area contributed by atoms with Crippen molar-refractivity contribution in [1.82, 2.24) is 5.32 Å². The number of benzene rings is 2. The van der Waals surface area contributed by atoms with Crippen LogP contribution in [-0.4, -0.2) is 39.3 Å². The van der Waals surface area contributed by atoms with Crippen LogP contribution >= 0.6 is 0 Å². The van der Waals surface area contributed by atoms with Crippen LogP contribution in [0.3, 0.4) is 0 Å². The molecule has 6 heteroatoms. The first kappa shape index (κ1) is 17.0. The van der Waals surface area contributed by atoms with Gasteiger partial charge in [0, 0.05) is 18.3 Å². The van der Waals surface area contributed by atoms with Crippen LogP contribution in [0.25, 0.3) is 0 Å². The predicted octanol–water partition coefficient (Wildman–Crippen LogP) is 2.24. The van der Waals surface area contributed by atoms with E-state index in [4.69, 9.17) is 14.2 Å². The molecule has 6 nitrogen and oxygen atoms in total. The number of ether oxygens (including phenoxy) is 3. The Kier molecular flexibility index (Phi) is 5.61. The van der Waals surface area contributed by atoms with E-state index in [2.05, 4.69) is 10.6 Å². The second kappa shape index (κ2) is 8.28. The number of methoxy groups -OCH3 is 1. The highest BCUT2D eigenvalue weighted by molar-refractivity contribution is 5.80. The van der Waals surface area contributed by atoms with Crippen molar-refractivity contribution in [3.05, 3.63) is 48.0 Å².